The fourth-order valence-corrected chi connectivity index (χ4v) is 2.44. The van der Waals surface area contributed by atoms with Crippen LogP contribution in [0.1, 0.15) is 57.2 Å². The third kappa shape index (κ3) is 4.77. The van der Waals surface area contributed by atoms with Gasteiger partial charge in [0.25, 0.3) is 0 Å². The van der Waals surface area contributed by atoms with E-state index in [4.69, 9.17) is 11.6 Å². The Balaban J connectivity index is 2.98. The monoisotopic (exact) mass is 285 g/mol. The van der Waals surface area contributed by atoms with Crippen molar-refractivity contribution in [1.29, 1.82) is 0 Å². The lowest BCUT2D eigenvalue weighted by atomic mass is 9.93. The summed E-state index contributed by atoms with van der Waals surface area (Å²) >= 11 is 6.22. The smallest absolute Gasteiger partial charge is 0.127 e. The second kappa shape index (κ2) is 7.86. The largest absolute Gasteiger partial charge is 0.310 e. The molecule has 0 heterocycles. The average Bonchev–Trinajstić information content (AvgIpc) is 2.38. The molecule has 0 saturated heterocycles. The minimum atomic E-state index is -0.230. The zero-order valence-corrected chi connectivity index (χ0v) is 13.1. The first-order valence-electron chi connectivity index (χ1n) is 7.18. The van der Waals surface area contributed by atoms with Crippen LogP contribution in [-0.4, -0.2) is 6.54 Å². The van der Waals surface area contributed by atoms with Gasteiger partial charge < -0.3 is 5.32 Å². The van der Waals surface area contributed by atoms with Gasteiger partial charge in [0.1, 0.15) is 5.82 Å². The van der Waals surface area contributed by atoms with E-state index in [1.54, 1.807) is 6.92 Å². The van der Waals surface area contributed by atoms with Crippen molar-refractivity contribution in [2.24, 2.45) is 5.92 Å². The average molecular weight is 286 g/mol. The highest BCUT2D eigenvalue weighted by Gasteiger charge is 2.18. The molecule has 0 radical (unpaired) electrons. The Hall–Kier alpha value is -0.600. The normalized spacial score (nSPS) is 14.4. The first-order valence-corrected chi connectivity index (χ1v) is 7.56. The molecular weight excluding hydrogens is 261 g/mol. The van der Waals surface area contributed by atoms with Crippen LogP contribution in [0.25, 0.3) is 0 Å². The van der Waals surface area contributed by atoms with E-state index >= 15 is 0 Å². The number of benzene rings is 1. The molecule has 0 amide bonds. The second-order valence-electron chi connectivity index (χ2n) is 5.38. The van der Waals surface area contributed by atoms with Gasteiger partial charge in [-0.2, -0.15) is 0 Å². The Morgan fingerprint density at radius 3 is 2.58 bits per heavy atom. The highest BCUT2D eigenvalue weighted by molar-refractivity contribution is 6.31. The molecule has 3 heteroatoms. The maximum atomic E-state index is 13.5. The summed E-state index contributed by atoms with van der Waals surface area (Å²) in [7, 11) is 0. The maximum Gasteiger partial charge on any atom is 0.127 e. The minimum absolute atomic E-state index is 0.210. The first-order chi connectivity index (χ1) is 8.99. The fraction of sp³-hybridized carbons (Fsp3) is 0.625. The maximum absolute atomic E-state index is 13.5. The summed E-state index contributed by atoms with van der Waals surface area (Å²) in [6.07, 6.45) is 3.25. The molecule has 0 spiro atoms. The number of rotatable bonds is 7. The number of aryl methyl sites for hydroxylation is 1. The Labute approximate surface area is 121 Å². The molecule has 108 valence electrons. The van der Waals surface area contributed by atoms with E-state index < -0.39 is 0 Å². The standard InChI is InChI=1S/C16H25ClFN/c1-5-7-19-16(8-11(3)6-2)13-9-12(4)15(18)10-14(13)17/h9-11,16,19H,5-8H2,1-4H3. The van der Waals surface area contributed by atoms with Crippen molar-refractivity contribution in [3.8, 4) is 0 Å². The minimum Gasteiger partial charge on any atom is -0.310 e. The van der Waals surface area contributed by atoms with E-state index in [0.29, 0.717) is 16.5 Å². The molecule has 1 nitrogen and oxygen atoms in total. The van der Waals surface area contributed by atoms with Gasteiger partial charge in [-0.25, -0.2) is 4.39 Å². The van der Waals surface area contributed by atoms with Crippen LogP contribution in [0.4, 0.5) is 4.39 Å². The molecule has 2 atom stereocenters. The zero-order valence-electron chi connectivity index (χ0n) is 12.4. The fourth-order valence-electron chi connectivity index (χ4n) is 2.15. The summed E-state index contributed by atoms with van der Waals surface area (Å²) < 4.78 is 13.5. The Kier molecular flexibility index (Phi) is 6.81. The van der Waals surface area contributed by atoms with Gasteiger partial charge in [-0.3, -0.25) is 0 Å². The molecule has 0 bridgehead atoms. The van der Waals surface area contributed by atoms with Crippen LogP contribution in [-0.2, 0) is 0 Å². The second-order valence-corrected chi connectivity index (χ2v) is 5.79. The number of hydrogen-bond acceptors (Lipinski definition) is 1. The molecule has 1 aromatic carbocycles. The summed E-state index contributed by atoms with van der Waals surface area (Å²) in [5, 5.41) is 4.06. The van der Waals surface area contributed by atoms with Gasteiger partial charge in [0.2, 0.25) is 0 Å². The third-order valence-electron chi connectivity index (χ3n) is 3.63. The third-order valence-corrected chi connectivity index (χ3v) is 3.96. The lowest BCUT2D eigenvalue weighted by Gasteiger charge is -2.23. The molecule has 1 N–H and O–H groups in total. The van der Waals surface area contributed by atoms with Crippen molar-refractivity contribution in [2.75, 3.05) is 6.54 Å². The van der Waals surface area contributed by atoms with Gasteiger partial charge in [0.05, 0.1) is 0 Å². The van der Waals surface area contributed by atoms with Gasteiger partial charge in [-0.15, -0.1) is 0 Å². The molecule has 2 unspecified atom stereocenters. The van der Waals surface area contributed by atoms with E-state index in [9.17, 15) is 4.39 Å². The van der Waals surface area contributed by atoms with Crippen molar-refractivity contribution >= 4 is 11.6 Å². The van der Waals surface area contributed by atoms with Gasteiger partial charge >= 0.3 is 0 Å². The predicted octanol–water partition coefficient (Wildman–Crippen LogP) is 5.26. The van der Waals surface area contributed by atoms with Crippen molar-refractivity contribution in [3.05, 3.63) is 34.1 Å². The highest BCUT2D eigenvalue weighted by atomic mass is 35.5. The summed E-state index contributed by atoms with van der Waals surface area (Å²) in [5.41, 5.74) is 1.68. The van der Waals surface area contributed by atoms with Gasteiger partial charge in [0, 0.05) is 11.1 Å². The van der Waals surface area contributed by atoms with Crippen molar-refractivity contribution in [2.45, 2.75) is 53.0 Å². The lowest BCUT2D eigenvalue weighted by molar-refractivity contribution is 0.402. The van der Waals surface area contributed by atoms with Crippen LogP contribution in [0.15, 0.2) is 12.1 Å². The molecular formula is C16H25ClFN. The van der Waals surface area contributed by atoms with Crippen LogP contribution >= 0.6 is 11.6 Å². The molecule has 0 saturated carbocycles. The Morgan fingerprint density at radius 2 is 2.00 bits per heavy atom. The van der Waals surface area contributed by atoms with Crippen molar-refractivity contribution in [1.82, 2.24) is 5.32 Å². The number of hydrogen-bond donors (Lipinski definition) is 1. The van der Waals surface area contributed by atoms with Crippen LogP contribution in [0.2, 0.25) is 5.02 Å². The molecule has 0 aliphatic carbocycles. The molecule has 1 aromatic rings. The first kappa shape index (κ1) is 16.5. The predicted molar refractivity (Wildman–Crippen MR) is 81.3 cm³/mol. The SMILES string of the molecule is CCCNC(CC(C)CC)c1cc(C)c(F)cc1Cl. The van der Waals surface area contributed by atoms with Gasteiger partial charge in [-0.05, 0) is 49.4 Å². The molecule has 1 rings (SSSR count). The van der Waals surface area contributed by atoms with Gasteiger partial charge in [0.15, 0.2) is 0 Å². The van der Waals surface area contributed by atoms with Gasteiger partial charge in [-0.1, -0.05) is 44.9 Å². The van der Waals surface area contributed by atoms with Crippen LogP contribution in [0.5, 0.6) is 0 Å². The lowest BCUT2D eigenvalue weighted by Crippen LogP contribution is -2.24. The highest BCUT2D eigenvalue weighted by Crippen LogP contribution is 2.30. The van der Waals surface area contributed by atoms with E-state index in [-0.39, 0.29) is 11.9 Å². The number of halogens is 2. The van der Waals surface area contributed by atoms with Crippen LogP contribution in [0, 0.1) is 18.7 Å². The molecule has 0 aromatic heterocycles. The topological polar surface area (TPSA) is 12.0 Å². The van der Waals surface area contributed by atoms with E-state index in [2.05, 4.69) is 26.1 Å². The molecule has 0 aliphatic rings. The summed E-state index contributed by atoms with van der Waals surface area (Å²) in [6, 6.07) is 3.53. The van der Waals surface area contributed by atoms with Crippen molar-refractivity contribution in [3.63, 3.8) is 0 Å². The molecule has 0 aliphatic heterocycles. The Morgan fingerprint density at radius 1 is 1.32 bits per heavy atom. The van der Waals surface area contributed by atoms with Crippen molar-refractivity contribution < 1.29 is 4.39 Å². The van der Waals surface area contributed by atoms with E-state index in [0.717, 1.165) is 31.4 Å². The molecule has 19 heavy (non-hydrogen) atoms. The Bertz CT molecular complexity index is 406. The van der Waals surface area contributed by atoms with E-state index in [1.807, 2.05) is 6.07 Å². The summed E-state index contributed by atoms with van der Waals surface area (Å²) in [4.78, 5) is 0. The van der Waals surface area contributed by atoms with Crippen LogP contribution < -0.4 is 5.32 Å². The van der Waals surface area contributed by atoms with Crippen LogP contribution in [0.3, 0.4) is 0 Å². The molecule has 0 fully saturated rings. The van der Waals surface area contributed by atoms with E-state index in [1.165, 1.54) is 6.07 Å². The summed E-state index contributed by atoms with van der Waals surface area (Å²) in [5.74, 6) is 0.391. The quantitative estimate of drug-likeness (QED) is 0.720. The summed E-state index contributed by atoms with van der Waals surface area (Å²) in [6.45, 7) is 9.32. The zero-order chi connectivity index (χ0) is 14.4. The number of nitrogens with one attached hydrogen (secondary N) is 1.